The zero-order valence-corrected chi connectivity index (χ0v) is 12.0. The van der Waals surface area contributed by atoms with Crippen molar-refractivity contribution in [1.29, 1.82) is 0 Å². The topological polar surface area (TPSA) is 121 Å². The number of nitrogens with zero attached hydrogens (tertiary/aromatic N) is 1. The number of rotatable bonds is 3. The van der Waals surface area contributed by atoms with Gasteiger partial charge >= 0.3 is 0 Å². The van der Waals surface area contributed by atoms with Gasteiger partial charge in [0.25, 0.3) is 21.9 Å². The van der Waals surface area contributed by atoms with Gasteiger partial charge in [-0.3, -0.25) is 19.3 Å². The average Bonchev–Trinajstić information content (AvgIpc) is 2.71. The second kappa shape index (κ2) is 7.27. The Bertz CT molecular complexity index is 583. The minimum Gasteiger partial charge on any atom is -0.359 e. The lowest BCUT2D eigenvalue weighted by Gasteiger charge is -2.11. The Morgan fingerprint density at radius 3 is 1.90 bits per heavy atom. The normalized spacial score (nSPS) is 16.4. The molecule has 0 aliphatic carbocycles. The van der Waals surface area contributed by atoms with Gasteiger partial charge in [-0.2, -0.15) is 13.5 Å². The van der Waals surface area contributed by atoms with E-state index in [0.717, 1.165) is 0 Å². The van der Waals surface area contributed by atoms with Gasteiger partial charge in [-0.25, -0.2) is 0 Å². The fourth-order valence-electron chi connectivity index (χ4n) is 1.60. The third-order valence-electron chi connectivity index (χ3n) is 2.58. The van der Waals surface area contributed by atoms with Crippen molar-refractivity contribution in [3.8, 4) is 0 Å². The van der Waals surface area contributed by atoms with Crippen molar-refractivity contribution >= 4 is 21.9 Å². The Balaban J connectivity index is 0.000000235. The van der Waals surface area contributed by atoms with Gasteiger partial charge in [0.05, 0.1) is 0 Å². The van der Waals surface area contributed by atoms with Gasteiger partial charge in [-0.1, -0.05) is 30.3 Å². The second-order valence-electron chi connectivity index (χ2n) is 4.09. The number of benzene rings is 1. The van der Waals surface area contributed by atoms with Crippen LogP contribution in [0.15, 0.2) is 30.3 Å². The number of hydrogen-bond donors (Lipinski definition) is 2. The van der Waals surface area contributed by atoms with Crippen LogP contribution < -0.4 is 0 Å². The van der Waals surface area contributed by atoms with Gasteiger partial charge in [0, 0.05) is 20.0 Å². The van der Waals surface area contributed by atoms with Gasteiger partial charge in [0.15, 0.2) is 0 Å². The van der Waals surface area contributed by atoms with Crippen LogP contribution in [0.1, 0.15) is 23.8 Å². The number of amides is 2. The molecule has 2 N–H and O–H groups in total. The van der Waals surface area contributed by atoms with E-state index in [0.29, 0.717) is 5.56 Å². The predicted octanol–water partition coefficient (Wildman–Crippen LogP) is 0.744. The first-order chi connectivity index (χ1) is 9.77. The Hall–Kier alpha value is -1.81. The highest BCUT2D eigenvalue weighted by Crippen LogP contribution is 2.21. The molecule has 116 valence electrons. The minimum absolute atomic E-state index is 0.148. The Morgan fingerprint density at radius 2 is 1.62 bits per heavy atom. The first-order valence-electron chi connectivity index (χ1n) is 5.86. The van der Waals surface area contributed by atoms with Crippen LogP contribution in [0.3, 0.4) is 0 Å². The molecule has 0 saturated carbocycles. The summed E-state index contributed by atoms with van der Waals surface area (Å²) in [6.45, 7) is 0. The van der Waals surface area contributed by atoms with Crippen molar-refractivity contribution in [2.24, 2.45) is 0 Å². The first-order valence-corrected chi connectivity index (χ1v) is 7.36. The molecule has 1 saturated heterocycles. The highest BCUT2D eigenvalue weighted by molar-refractivity contribution is 7.85. The molecule has 0 bridgehead atoms. The molecule has 8 nitrogen and oxygen atoms in total. The minimum atomic E-state index is -4.19. The molecule has 1 fully saturated rings. The van der Waals surface area contributed by atoms with E-state index in [1.807, 2.05) is 0 Å². The molecule has 1 atom stereocenters. The van der Waals surface area contributed by atoms with Gasteiger partial charge in [-0.15, -0.1) is 0 Å². The molecule has 1 aromatic carbocycles. The summed E-state index contributed by atoms with van der Waals surface area (Å²) in [6.07, 6.45) is 0.296. The maximum absolute atomic E-state index is 10.8. The summed E-state index contributed by atoms with van der Waals surface area (Å²) < 4.78 is 35.0. The van der Waals surface area contributed by atoms with E-state index in [1.54, 1.807) is 30.3 Å². The van der Waals surface area contributed by atoms with Gasteiger partial charge in [0.1, 0.15) is 0 Å². The van der Waals surface area contributed by atoms with Gasteiger partial charge < -0.3 is 4.74 Å². The summed E-state index contributed by atoms with van der Waals surface area (Å²) in [5.74, 6) is -1.01. The molecule has 2 amide bonds. The molecule has 9 heteroatoms. The van der Waals surface area contributed by atoms with Crippen molar-refractivity contribution in [3.63, 3.8) is 0 Å². The number of carbonyl (C=O) groups excluding carboxylic acids is 2. The molecule has 0 aromatic heterocycles. The van der Waals surface area contributed by atoms with Crippen LogP contribution in [0.5, 0.6) is 0 Å². The third-order valence-corrected chi connectivity index (χ3v) is 3.59. The Labute approximate surface area is 121 Å². The van der Waals surface area contributed by atoms with E-state index in [9.17, 15) is 18.0 Å². The molecule has 21 heavy (non-hydrogen) atoms. The lowest BCUT2D eigenvalue weighted by atomic mass is 10.2. The van der Waals surface area contributed by atoms with Crippen LogP contribution in [0.2, 0.25) is 0 Å². The fourth-order valence-corrected chi connectivity index (χ4v) is 2.35. The molecule has 0 radical (unpaired) electrons. The van der Waals surface area contributed by atoms with E-state index in [-0.39, 0.29) is 17.9 Å². The van der Waals surface area contributed by atoms with E-state index < -0.39 is 27.4 Å². The van der Waals surface area contributed by atoms with Crippen molar-refractivity contribution in [3.05, 3.63) is 35.9 Å². The predicted molar refractivity (Wildman–Crippen MR) is 70.6 cm³/mol. The molecule has 1 heterocycles. The third kappa shape index (κ3) is 4.90. The molecule has 1 unspecified atom stereocenters. The highest BCUT2D eigenvalue weighted by atomic mass is 32.2. The van der Waals surface area contributed by atoms with Crippen molar-refractivity contribution in [2.45, 2.75) is 18.3 Å². The zero-order chi connectivity index (χ0) is 16.0. The van der Waals surface area contributed by atoms with Crippen LogP contribution in [-0.2, 0) is 24.4 Å². The number of carbonyl (C=O) groups is 2. The quantitative estimate of drug-likeness (QED) is 0.479. The monoisotopic (exact) mass is 317 g/mol. The van der Waals surface area contributed by atoms with Crippen molar-refractivity contribution in [2.75, 3.05) is 7.11 Å². The number of hydroxylamine groups is 2. The van der Waals surface area contributed by atoms with Crippen molar-refractivity contribution in [1.82, 2.24) is 5.06 Å². The van der Waals surface area contributed by atoms with E-state index in [2.05, 4.69) is 4.74 Å². The second-order valence-corrected chi connectivity index (χ2v) is 5.55. The maximum Gasteiger partial charge on any atom is 0.296 e. The molecule has 2 rings (SSSR count). The molecule has 1 aromatic rings. The highest BCUT2D eigenvalue weighted by Gasteiger charge is 2.26. The first kappa shape index (κ1) is 17.2. The number of methoxy groups -OCH3 is 1. The van der Waals surface area contributed by atoms with Gasteiger partial charge in [0.2, 0.25) is 5.44 Å². The van der Waals surface area contributed by atoms with E-state index >= 15 is 0 Å². The largest absolute Gasteiger partial charge is 0.359 e. The summed E-state index contributed by atoms with van der Waals surface area (Å²) in [4.78, 5) is 20.5. The van der Waals surface area contributed by atoms with Crippen molar-refractivity contribution < 1.29 is 32.5 Å². The standard InChI is InChI=1S/C8H10O4S.C4H5NO3/c1-12-8(13(9,10)11)7-5-3-2-4-6-7;6-3-1-2-4(7)5(3)8/h2-6,8H,1H3,(H,9,10,11);8H,1-2H2. The van der Waals surface area contributed by atoms with Crippen LogP contribution in [0.25, 0.3) is 0 Å². The molecule has 1 aliphatic heterocycles. The fraction of sp³-hybridized carbons (Fsp3) is 0.333. The lowest BCUT2D eigenvalue weighted by Crippen LogP contribution is -2.24. The van der Waals surface area contributed by atoms with Crippen LogP contribution in [0, 0.1) is 0 Å². The Kier molecular flexibility index (Phi) is 5.97. The van der Waals surface area contributed by atoms with Gasteiger partial charge in [-0.05, 0) is 5.56 Å². The molecule has 1 aliphatic rings. The van der Waals surface area contributed by atoms with E-state index in [4.69, 9.17) is 9.76 Å². The molecule has 0 spiro atoms. The number of imide groups is 1. The van der Waals surface area contributed by atoms with Crippen LogP contribution in [-0.4, -0.2) is 42.2 Å². The summed E-state index contributed by atoms with van der Waals surface area (Å²) in [5, 5.41) is 8.57. The summed E-state index contributed by atoms with van der Waals surface area (Å²) in [5.41, 5.74) is -0.888. The van der Waals surface area contributed by atoms with Crippen LogP contribution >= 0.6 is 0 Å². The summed E-state index contributed by atoms with van der Waals surface area (Å²) in [7, 11) is -2.96. The maximum atomic E-state index is 10.8. The number of ether oxygens (including phenoxy) is 1. The van der Waals surface area contributed by atoms with E-state index in [1.165, 1.54) is 7.11 Å². The Morgan fingerprint density at radius 1 is 1.14 bits per heavy atom. The zero-order valence-electron chi connectivity index (χ0n) is 11.2. The number of hydrogen-bond acceptors (Lipinski definition) is 6. The smallest absolute Gasteiger partial charge is 0.296 e. The average molecular weight is 317 g/mol. The van der Waals surface area contributed by atoms with Crippen LogP contribution in [0.4, 0.5) is 0 Å². The molecular formula is C12H15NO7S. The summed E-state index contributed by atoms with van der Waals surface area (Å²) >= 11 is 0. The molecular weight excluding hydrogens is 302 g/mol. The lowest BCUT2D eigenvalue weighted by molar-refractivity contribution is -0.171. The SMILES string of the molecule is COC(c1ccccc1)S(=O)(=O)O.O=C1CCC(=O)N1O. The summed E-state index contributed by atoms with van der Waals surface area (Å²) in [6, 6.07) is 8.24.